The molecule has 1 aromatic rings. The molecule has 0 radical (unpaired) electrons. The number of halogens is 1. The van der Waals surface area contributed by atoms with Gasteiger partial charge in [0, 0.05) is 24.7 Å². The predicted molar refractivity (Wildman–Crippen MR) is 84.8 cm³/mol. The van der Waals surface area contributed by atoms with E-state index in [0.29, 0.717) is 23.1 Å². The molecule has 1 unspecified atom stereocenters. The van der Waals surface area contributed by atoms with Crippen molar-refractivity contribution in [2.45, 2.75) is 18.9 Å². The van der Waals surface area contributed by atoms with E-state index in [4.69, 9.17) is 9.47 Å². The van der Waals surface area contributed by atoms with Crippen molar-refractivity contribution in [1.82, 2.24) is 10.2 Å². The van der Waals surface area contributed by atoms with Crippen LogP contribution in [0.2, 0.25) is 0 Å². The van der Waals surface area contributed by atoms with Gasteiger partial charge in [-0.2, -0.15) is 0 Å². The second kappa shape index (κ2) is 8.10. The summed E-state index contributed by atoms with van der Waals surface area (Å²) >= 11 is 0. The van der Waals surface area contributed by atoms with Crippen LogP contribution in [-0.4, -0.2) is 51.2 Å². The minimum atomic E-state index is 0. The highest BCUT2D eigenvalue weighted by molar-refractivity contribution is 5.95. The van der Waals surface area contributed by atoms with Crippen LogP contribution in [0.4, 0.5) is 0 Å². The summed E-state index contributed by atoms with van der Waals surface area (Å²) in [5.41, 5.74) is 0.638. The largest absolute Gasteiger partial charge is 0.493 e. The Morgan fingerprint density at radius 3 is 2.62 bits per heavy atom. The Morgan fingerprint density at radius 2 is 2.00 bits per heavy atom. The number of nitrogens with zero attached hydrogens (tertiary/aromatic N) is 1. The predicted octanol–water partition coefficient (Wildman–Crippen LogP) is 1.95. The Kier molecular flexibility index (Phi) is 6.78. The van der Waals surface area contributed by atoms with E-state index >= 15 is 0 Å². The van der Waals surface area contributed by atoms with Crippen LogP contribution in [0.3, 0.4) is 0 Å². The smallest absolute Gasteiger partial charge is 0.254 e. The Morgan fingerprint density at radius 1 is 1.29 bits per heavy atom. The molecule has 1 aromatic carbocycles. The molecule has 1 saturated heterocycles. The van der Waals surface area contributed by atoms with E-state index in [9.17, 15) is 4.79 Å². The number of carbonyl (C=O) groups is 1. The Bertz CT molecular complexity index is 482. The molecular formula is C15H23ClN2O3. The minimum Gasteiger partial charge on any atom is -0.493 e. The molecule has 1 N–H and O–H groups in total. The van der Waals surface area contributed by atoms with Gasteiger partial charge >= 0.3 is 0 Å². The molecule has 0 saturated carbocycles. The van der Waals surface area contributed by atoms with Crippen molar-refractivity contribution in [3.63, 3.8) is 0 Å². The van der Waals surface area contributed by atoms with E-state index in [1.54, 1.807) is 32.4 Å². The highest BCUT2D eigenvalue weighted by Gasteiger charge is 2.24. The van der Waals surface area contributed by atoms with Gasteiger partial charge in [0.15, 0.2) is 11.5 Å². The quantitative estimate of drug-likeness (QED) is 0.923. The molecular weight excluding hydrogens is 292 g/mol. The summed E-state index contributed by atoms with van der Waals surface area (Å²) < 4.78 is 10.4. The Labute approximate surface area is 132 Å². The first-order valence-electron chi connectivity index (χ1n) is 6.88. The van der Waals surface area contributed by atoms with E-state index in [1.165, 1.54) is 0 Å². The molecule has 2 rings (SSSR count). The summed E-state index contributed by atoms with van der Waals surface area (Å²) in [5.74, 6) is 1.27. The highest BCUT2D eigenvalue weighted by Crippen LogP contribution is 2.28. The average molecular weight is 315 g/mol. The second-order valence-corrected chi connectivity index (χ2v) is 4.95. The van der Waals surface area contributed by atoms with Gasteiger partial charge in [-0.15, -0.1) is 12.4 Å². The summed E-state index contributed by atoms with van der Waals surface area (Å²) in [7, 11) is 5.10. The number of carbonyl (C=O) groups excluding carboxylic acids is 1. The molecule has 118 valence electrons. The van der Waals surface area contributed by atoms with Crippen molar-refractivity contribution in [2.75, 3.05) is 34.4 Å². The number of piperidine rings is 1. The molecule has 1 amide bonds. The third kappa shape index (κ3) is 4.02. The minimum absolute atomic E-state index is 0. The van der Waals surface area contributed by atoms with Crippen LogP contribution >= 0.6 is 12.4 Å². The summed E-state index contributed by atoms with van der Waals surface area (Å²) in [6, 6.07) is 5.68. The van der Waals surface area contributed by atoms with Gasteiger partial charge in [0.1, 0.15) is 0 Å². The summed E-state index contributed by atoms with van der Waals surface area (Å²) in [4.78, 5) is 14.4. The van der Waals surface area contributed by atoms with E-state index in [2.05, 4.69) is 5.32 Å². The SMILES string of the molecule is CNC1CCCN(C(=O)c2ccc(OC)c(OC)c2)C1.Cl. The lowest BCUT2D eigenvalue weighted by Crippen LogP contribution is -2.46. The number of hydrogen-bond acceptors (Lipinski definition) is 4. The van der Waals surface area contributed by atoms with Gasteiger partial charge < -0.3 is 19.7 Å². The van der Waals surface area contributed by atoms with Crippen molar-refractivity contribution in [3.05, 3.63) is 23.8 Å². The fraction of sp³-hybridized carbons (Fsp3) is 0.533. The molecule has 0 aliphatic carbocycles. The molecule has 1 aliphatic heterocycles. The van der Waals surface area contributed by atoms with Crippen molar-refractivity contribution < 1.29 is 14.3 Å². The zero-order valence-corrected chi connectivity index (χ0v) is 13.5. The molecule has 0 bridgehead atoms. The summed E-state index contributed by atoms with van der Waals surface area (Å²) in [6.07, 6.45) is 2.15. The molecule has 1 atom stereocenters. The normalized spacial score (nSPS) is 17.9. The van der Waals surface area contributed by atoms with Crippen LogP contribution in [0.15, 0.2) is 18.2 Å². The molecule has 21 heavy (non-hydrogen) atoms. The number of methoxy groups -OCH3 is 2. The van der Waals surface area contributed by atoms with E-state index in [-0.39, 0.29) is 18.3 Å². The fourth-order valence-corrected chi connectivity index (χ4v) is 2.55. The number of hydrogen-bond donors (Lipinski definition) is 1. The van der Waals surface area contributed by atoms with Gasteiger partial charge in [-0.3, -0.25) is 4.79 Å². The lowest BCUT2D eigenvalue weighted by atomic mass is 10.0. The lowest BCUT2D eigenvalue weighted by Gasteiger charge is -2.32. The van der Waals surface area contributed by atoms with Crippen molar-refractivity contribution in [1.29, 1.82) is 0 Å². The average Bonchev–Trinajstić information content (AvgIpc) is 2.53. The van der Waals surface area contributed by atoms with Crippen LogP contribution in [0.25, 0.3) is 0 Å². The molecule has 1 heterocycles. The van der Waals surface area contributed by atoms with Crippen LogP contribution in [0, 0.1) is 0 Å². The Hall–Kier alpha value is -1.46. The lowest BCUT2D eigenvalue weighted by molar-refractivity contribution is 0.0698. The molecule has 1 aliphatic rings. The van der Waals surface area contributed by atoms with Gasteiger partial charge in [0.2, 0.25) is 0 Å². The fourth-order valence-electron chi connectivity index (χ4n) is 2.55. The van der Waals surface area contributed by atoms with Crippen LogP contribution < -0.4 is 14.8 Å². The molecule has 0 spiro atoms. The molecule has 1 fully saturated rings. The van der Waals surface area contributed by atoms with E-state index in [1.807, 2.05) is 11.9 Å². The Balaban J connectivity index is 0.00000220. The number of nitrogens with one attached hydrogen (secondary N) is 1. The highest BCUT2D eigenvalue weighted by atomic mass is 35.5. The number of amides is 1. The number of likely N-dealkylation sites (tertiary alicyclic amines) is 1. The maximum Gasteiger partial charge on any atom is 0.254 e. The van der Waals surface area contributed by atoms with Gasteiger partial charge in [0.05, 0.1) is 14.2 Å². The summed E-state index contributed by atoms with van der Waals surface area (Å²) in [6.45, 7) is 1.56. The first-order valence-corrected chi connectivity index (χ1v) is 6.88. The molecule has 0 aromatic heterocycles. The van der Waals surface area contributed by atoms with Crippen molar-refractivity contribution in [3.8, 4) is 11.5 Å². The first-order chi connectivity index (χ1) is 9.69. The standard InChI is InChI=1S/C15H22N2O3.ClH/c1-16-12-5-4-8-17(10-12)15(18)11-6-7-13(19-2)14(9-11)20-3;/h6-7,9,12,16H,4-5,8,10H2,1-3H3;1H. The van der Waals surface area contributed by atoms with Gasteiger partial charge in [-0.05, 0) is 38.1 Å². The number of likely N-dealkylation sites (N-methyl/N-ethyl adjacent to an activating group) is 1. The number of ether oxygens (including phenoxy) is 2. The first kappa shape index (κ1) is 17.6. The van der Waals surface area contributed by atoms with Gasteiger partial charge in [-0.1, -0.05) is 0 Å². The van der Waals surface area contributed by atoms with E-state index < -0.39 is 0 Å². The second-order valence-electron chi connectivity index (χ2n) is 4.95. The maximum atomic E-state index is 12.5. The van der Waals surface area contributed by atoms with Crippen LogP contribution in [0.5, 0.6) is 11.5 Å². The number of benzene rings is 1. The summed E-state index contributed by atoms with van der Waals surface area (Å²) in [5, 5.41) is 3.24. The molecule has 5 nitrogen and oxygen atoms in total. The van der Waals surface area contributed by atoms with Crippen LogP contribution in [-0.2, 0) is 0 Å². The van der Waals surface area contributed by atoms with E-state index in [0.717, 1.165) is 25.9 Å². The van der Waals surface area contributed by atoms with Crippen molar-refractivity contribution in [2.24, 2.45) is 0 Å². The third-order valence-corrected chi connectivity index (χ3v) is 3.75. The van der Waals surface area contributed by atoms with Gasteiger partial charge in [-0.25, -0.2) is 0 Å². The van der Waals surface area contributed by atoms with Crippen molar-refractivity contribution >= 4 is 18.3 Å². The molecule has 6 heteroatoms. The zero-order valence-electron chi connectivity index (χ0n) is 12.7. The third-order valence-electron chi connectivity index (χ3n) is 3.75. The number of rotatable bonds is 4. The van der Waals surface area contributed by atoms with Crippen LogP contribution in [0.1, 0.15) is 23.2 Å². The monoisotopic (exact) mass is 314 g/mol. The zero-order chi connectivity index (χ0) is 14.5. The van der Waals surface area contributed by atoms with Gasteiger partial charge in [0.25, 0.3) is 5.91 Å². The topological polar surface area (TPSA) is 50.8 Å². The maximum absolute atomic E-state index is 12.5.